The van der Waals surface area contributed by atoms with E-state index in [4.69, 9.17) is 4.74 Å². The van der Waals surface area contributed by atoms with Crippen LogP contribution in [0, 0.1) is 0 Å². The summed E-state index contributed by atoms with van der Waals surface area (Å²) in [6.07, 6.45) is 1.81. The summed E-state index contributed by atoms with van der Waals surface area (Å²) in [6.45, 7) is 0.436. The number of nitrogens with zero attached hydrogens (tertiary/aromatic N) is 1. The predicted molar refractivity (Wildman–Crippen MR) is 88.5 cm³/mol. The van der Waals surface area contributed by atoms with Gasteiger partial charge < -0.3 is 15.4 Å². The van der Waals surface area contributed by atoms with E-state index in [9.17, 15) is 4.79 Å². The Morgan fingerprint density at radius 3 is 3.05 bits per heavy atom. The Bertz CT molecular complexity index is 801. The lowest BCUT2D eigenvalue weighted by Crippen LogP contribution is -2.28. The number of benzene rings is 2. The highest BCUT2D eigenvalue weighted by Gasteiger charge is 2.04. The van der Waals surface area contributed by atoms with Gasteiger partial charge >= 0.3 is 6.03 Å². The fourth-order valence-corrected chi connectivity index (χ4v) is 2.76. The van der Waals surface area contributed by atoms with Gasteiger partial charge in [0.1, 0.15) is 5.75 Å². The van der Waals surface area contributed by atoms with Crippen molar-refractivity contribution in [3.8, 4) is 5.75 Å². The van der Waals surface area contributed by atoms with Crippen LogP contribution in [0.1, 0.15) is 5.56 Å². The van der Waals surface area contributed by atoms with Crippen LogP contribution in [0.4, 0.5) is 10.5 Å². The summed E-state index contributed by atoms with van der Waals surface area (Å²) in [6, 6.07) is 13.1. The molecule has 22 heavy (non-hydrogen) atoms. The Balaban J connectivity index is 1.59. The SMILES string of the molecule is COc1cccc(CNC(=O)Nc2ccc3cnsc3c2)c1. The van der Waals surface area contributed by atoms with Gasteiger partial charge in [-0.2, -0.15) is 4.37 Å². The fraction of sp³-hybridized carbons (Fsp3) is 0.125. The number of fused-ring (bicyclic) bond motifs is 1. The predicted octanol–water partition coefficient (Wildman–Crippen LogP) is 3.63. The summed E-state index contributed by atoms with van der Waals surface area (Å²) in [5.41, 5.74) is 1.73. The van der Waals surface area contributed by atoms with Gasteiger partial charge in [-0.05, 0) is 47.4 Å². The van der Waals surface area contributed by atoms with Gasteiger partial charge in [0.05, 0.1) is 11.8 Å². The fourth-order valence-electron chi connectivity index (χ4n) is 2.08. The smallest absolute Gasteiger partial charge is 0.319 e. The molecule has 1 aromatic heterocycles. The first-order chi connectivity index (χ1) is 10.7. The van der Waals surface area contributed by atoms with Crippen LogP contribution < -0.4 is 15.4 Å². The van der Waals surface area contributed by atoms with Crippen LogP contribution in [0.5, 0.6) is 5.75 Å². The number of amides is 2. The van der Waals surface area contributed by atoms with Gasteiger partial charge in [0, 0.05) is 23.8 Å². The van der Waals surface area contributed by atoms with Crippen LogP contribution in [-0.4, -0.2) is 17.5 Å². The van der Waals surface area contributed by atoms with Gasteiger partial charge in [-0.1, -0.05) is 12.1 Å². The van der Waals surface area contributed by atoms with E-state index in [-0.39, 0.29) is 6.03 Å². The molecule has 3 aromatic rings. The van der Waals surface area contributed by atoms with Gasteiger partial charge in [0.25, 0.3) is 0 Å². The molecule has 0 radical (unpaired) electrons. The number of methoxy groups -OCH3 is 1. The van der Waals surface area contributed by atoms with E-state index in [2.05, 4.69) is 15.0 Å². The van der Waals surface area contributed by atoms with Gasteiger partial charge in [-0.25, -0.2) is 4.79 Å². The summed E-state index contributed by atoms with van der Waals surface area (Å²) < 4.78 is 10.3. The van der Waals surface area contributed by atoms with Gasteiger partial charge in [0.15, 0.2) is 0 Å². The van der Waals surface area contributed by atoms with Crippen LogP contribution in [-0.2, 0) is 6.54 Å². The van der Waals surface area contributed by atoms with E-state index < -0.39 is 0 Å². The number of anilines is 1. The van der Waals surface area contributed by atoms with Crippen molar-refractivity contribution in [1.82, 2.24) is 9.69 Å². The Morgan fingerprint density at radius 1 is 1.27 bits per heavy atom. The van der Waals surface area contributed by atoms with Crippen molar-refractivity contribution < 1.29 is 9.53 Å². The largest absolute Gasteiger partial charge is 0.497 e. The minimum Gasteiger partial charge on any atom is -0.497 e. The molecule has 2 aromatic carbocycles. The lowest BCUT2D eigenvalue weighted by atomic mass is 10.2. The second-order valence-corrected chi connectivity index (χ2v) is 5.57. The molecule has 0 aliphatic carbocycles. The van der Waals surface area contributed by atoms with E-state index in [1.807, 2.05) is 48.7 Å². The number of aromatic nitrogens is 1. The van der Waals surface area contributed by atoms with Crippen LogP contribution >= 0.6 is 11.5 Å². The van der Waals surface area contributed by atoms with Crippen molar-refractivity contribution in [2.75, 3.05) is 12.4 Å². The summed E-state index contributed by atoms with van der Waals surface area (Å²) in [5, 5.41) is 6.72. The minimum absolute atomic E-state index is 0.244. The van der Waals surface area contributed by atoms with Crippen LogP contribution in [0.25, 0.3) is 10.1 Å². The molecule has 1 heterocycles. The Kier molecular flexibility index (Phi) is 4.20. The minimum atomic E-state index is -0.244. The number of urea groups is 1. The highest BCUT2D eigenvalue weighted by atomic mass is 32.1. The van der Waals surface area contributed by atoms with Crippen molar-refractivity contribution in [3.05, 3.63) is 54.2 Å². The Labute approximate surface area is 132 Å². The summed E-state index contributed by atoms with van der Waals surface area (Å²) in [4.78, 5) is 11.9. The molecule has 0 aliphatic heterocycles. The van der Waals surface area contributed by atoms with Crippen LogP contribution in [0.2, 0.25) is 0 Å². The molecule has 0 atom stereocenters. The molecule has 6 heteroatoms. The average Bonchev–Trinajstić information content (AvgIpc) is 3.01. The second-order valence-electron chi connectivity index (χ2n) is 4.74. The molecule has 3 rings (SSSR count). The first-order valence-electron chi connectivity index (χ1n) is 6.77. The Morgan fingerprint density at radius 2 is 2.18 bits per heavy atom. The highest BCUT2D eigenvalue weighted by Crippen LogP contribution is 2.22. The van der Waals surface area contributed by atoms with Crippen molar-refractivity contribution in [2.24, 2.45) is 0 Å². The van der Waals surface area contributed by atoms with Crippen LogP contribution in [0.15, 0.2) is 48.7 Å². The average molecular weight is 313 g/mol. The monoisotopic (exact) mass is 313 g/mol. The number of rotatable bonds is 4. The van der Waals surface area contributed by atoms with Gasteiger partial charge in [-0.3, -0.25) is 0 Å². The molecule has 0 aliphatic rings. The zero-order valence-corrected chi connectivity index (χ0v) is 12.8. The molecular weight excluding hydrogens is 298 g/mol. The van der Waals surface area contributed by atoms with E-state index in [0.29, 0.717) is 6.54 Å². The molecule has 0 saturated heterocycles. The summed E-state index contributed by atoms with van der Waals surface area (Å²) in [5.74, 6) is 0.773. The molecule has 0 fully saturated rings. The van der Waals surface area contributed by atoms with Gasteiger partial charge in [0.2, 0.25) is 0 Å². The summed E-state index contributed by atoms with van der Waals surface area (Å²) in [7, 11) is 1.62. The first kappa shape index (κ1) is 14.3. The summed E-state index contributed by atoms with van der Waals surface area (Å²) >= 11 is 1.41. The van der Waals surface area contributed by atoms with E-state index >= 15 is 0 Å². The first-order valence-corrected chi connectivity index (χ1v) is 7.54. The van der Waals surface area contributed by atoms with Crippen molar-refractivity contribution in [3.63, 3.8) is 0 Å². The third-order valence-corrected chi connectivity index (χ3v) is 3.96. The standard InChI is InChI=1S/C16H15N3O2S/c1-21-14-4-2-3-11(7-14)9-17-16(20)19-13-6-5-12-10-18-22-15(12)8-13/h2-8,10H,9H2,1H3,(H2,17,19,20). The number of nitrogens with one attached hydrogen (secondary N) is 2. The number of hydrogen-bond acceptors (Lipinski definition) is 4. The molecule has 5 nitrogen and oxygen atoms in total. The number of ether oxygens (including phenoxy) is 1. The van der Waals surface area contributed by atoms with Crippen molar-refractivity contribution in [1.29, 1.82) is 0 Å². The molecule has 112 valence electrons. The number of hydrogen-bond donors (Lipinski definition) is 2. The van der Waals surface area contributed by atoms with Crippen LogP contribution in [0.3, 0.4) is 0 Å². The molecule has 2 N–H and O–H groups in total. The molecular formula is C16H15N3O2S. The topological polar surface area (TPSA) is 63.2 Å². The molecule has 0 spiro atoms. The maximum atomic E-state index is 11.9. The molecule has 0 saturated carbocycles. The zero-order valence-electron chi connectivity index (χ0n) is 12.0. The van der Waals surface area contributed by atoms with Gasteiger partial charge in [-0.15, -0.1) is 0 Å². The highest BCUT2D eigenvalue weighted by molar-refractivity contribution is 7.13. The quantitative estimate of drug-likeness (QED) is 0.773. The van der Waals surface area contributed by atoms with E-state index in [1.165, 1.54) is 11.5 Å². The van der Waals surface area contributed by atoms with E-state index in [1.54, 1.807) is 7.11 Å². The van der Waals surface area contributed by atoms with E-state index in [0.717, 1.165) is 27.1 Å². The number of carbonyl (C=O) groups excluding carboxylic acids is 1. The second kappa shape index (κ2) is 6.44. The molecule has 0 bridgehead atoms. The third kappa shape index (κ3) is 3.35. The Hall–Kier alpha value is -2.60. The maximum Gasteiger partial charge on any atom is 0.319 e. The van der Waals surface area contributed by atoms with Crippen molar-refractivity contribution in [2.45, 2.75) is 6.54 Å². The van der Waals surface area contributed by atoms with Crippen molar-refractivity contribution >= 4 is 33.3 Å². The normalized spacial score (nSPS) is 10.4. The zero-order chi connectivity index (χ0) is 15.4. The number of carbonyl (C=O) groups is 1. The molecule has 2 amide bonds. The maximum absolute atomic E-state index is 11.9. The lowest BCUT2D eigenvalue weighted by Gasteiger charge is -2.08. The molecule has 0 unspecified atom stereocenters. The lowest BCUT2D eigenvalue weighted by molar-refractivity contribution is 0.251. The third-order valence-electron chi connectivity index (χ3n) is 3.20.